The van der Waals surface area contributed by atoms with Crippen LogP contribution in [-0.2, 0) is 18.7 Å². The second-order valence-corrected chi connectivity index (χ2v) is 19.5. The van der Waals surface area contributed by atoms with Crippen molar-refractivity contribution < 1.29 is 23.5 Å². The van der Waals surface area contributed by atoms with Gasteiger partial charge in [-0.1, -0.05) is 67.5 Å². The molecule has 1 amide bonds. The van der Waals surface area contributed by atoms with Gasteiger partial charge in [0, 0.05) is 17.4 Å². The molecule has 40 heavy (non-hydrogen) atoms. The van der Waals surface area contributed by atoms with Gasteiger partial charge in [-0.3, -0.25) is 15.1 Å². The van der Waals surface area contributed by atoms with Crippen molar-refractivity contribution in [1.29, 1.82) is 0 Å². The highest BCUT2D eigenvalue weighted by Gasteiger charge is 2.49. The van der Waals surface area contributed by atoms with Gasteiger partial charge in [0.05, 0.1) is 18.5 Å². The highest BCUT2D eigenvalue weighted by Crippen LogP contribution is 2.40. The lowest BCUT2D eigenvalue weighted by molar-refractivity contribution is -0.123. The molecular weight excluding hydrogens is 567 g/mol. The zero-order valence-electron chi connectivity index (χ0n) is 24.2. The minimum Gasteiger partial charge on any atom is -0.456 e. The van der Waals surface area contributed by atoms with E-state index in [2.05, 4.69) is 63.0 Å². The van der Waals surface area contributed by atoms with Crippen LogP contribution in [-0.4, -0.2) is 80.4 Å². The molecule has 3 heterocycles. The summed E-state index contributed by atoms with van der Waals surface area (Å²) in [5.74, 6) is 0.339. The Labute approximate surface area is 245 Å². The van der Waals surface area contributed by atoms with Gasteiger partial charge in [0.25, 0.3) is 5.91 Å². The monoisotopic (exact) mass is 607 g/mol. The molecular formula is C27H41N5O5S2Si. The first-order valence-corrected chi connectivity index (χ1v) is 18.9. The van der Waals surface area contributed by atoms with E-state index < -0.39 is 39.0 Å². The fourth-order valence-electron chi connectivity index (χ4n) is 4.54. The highest BCUT2D eigenvalue weighted by molar-refractivity contribution is 8.76. The summed E-state index contributed by atoms with van der Waals surface area (Å²) in [5.41, 5.74) is 7.33. The standard InChI is InChI=1S/C27H41N5O5S2Si/c1-8-38-39-16(2)17-11-9-10-12-18(17)25(34)37-19-13-21(36-20(19)14-35-40(6,7)27(3,4)5)32-15-29-22-23(32)30-26(28)31-24(22)33/h9-12,15-16,19-23H,8,13-14H2,1-7H3,(H3,28,30,31,33)/t16?,19?,20-,21-,22?,23?/m1/s1. The molecule has 0 radical (unpaired) electrons. The third-order valence-corrected chi connectivity index (χ3v) is 15.3. The van der Waals surface area contributed by atoms with Crippen LogP contribution in [0, 0.1) is 0 Å². The van der Waals surface area contributed by atoms with Crippen LogP contribution >= 0.6 is 21.6 Å². The van der Waals surface area contributed by atoms with E-state index in [1.165, 1.54) is 0 Å². The molecule has 13 heteroatoms. The first kappa shape index (κ1) is 30.9. The summed E-state index contributed by atoms with van der Waals surface area (Å²) >= 11 is 0. The van der Waals surface area contributed by atoms with Crippen molar-refractivity contribution in [3.63, 3.8) is 0 Å². The number of carbonyl (C=O) groups excluding carboxylic acids is 2. The van der Waals surface area contributed by atoms with E-state index in [1.54, 1.807) is 32.8 Å². The average molecular weight is 608 g/mol. The number of esters is 1. The summed E-state index contributed by atoms with van der Waals surface area (Å²) in [6.07, 6.45) is -0.222. The molecule has 1 saturated heterocycles. The number of fused-ring (bicyclic) bond motifs is 1. The molecule has 4 unspecified atom stereocenters. The van der Waals surface area contributed by atoms with Crippen molar-refractivity contribution in [3.8, 4) is 0 Å². The Morgan fingerprint density at radius 2 is 2.05 bits per heavy atom. The van der Waals surface area contributed by atoms with Crippen molar-refractivity contribution in [3.05, 3.63) is 35.4 Å². The Morgan fingerprint density at radius 1 is 1.32 bits per heavy atom. The molecule has 4 rings (SSSR count). The maximum Gasteiger partial charge on any atom is 0.338 e. The molecule has 0 bridgehead atoms. The second kappa shape index (κ2) is 12.4. The summed E-state index contributed by atoms with van der Waals surface area (Å²) < 4.78 is 19.1. The number of benzene rings is 1. The lowest BCUT2D eigenvalue weighted by Gasteiger charge is -2.37. The number of aliphatic imine (C=N–C) groups is 2. The van der Waals surface area contributed by atoms with E-state index in [1.807, 2.05) is 24.3 Å². The fourth-order valence-corrected chi connectivity index (χ4v) is 7.54. The van der Waals surface area contributed by atoms with Gasteiger partial charge in [0.15, 0.2) is 26.5 Å². The largest absolute Gasteiger partial charge is 0.456 e. The molecule has 0 spiro atoms. The second-order valence-electron chi connectivity index (χ2n) is 11.7. The maximum absolute atomic E-state index is 13.6. The molecule has 3 N–H and O–H groups in total. The number of amides is 1. The molecule has 3 aliphatic heterocycles. The van der Waals surface area contributed by atoms with Gasteiger partial charge in [-0.05, 0) is 36.7 Å². The Bertz CT molecular complexity index is 1160. The SMILES string of the molecule is CCSSC(C)c1ccccc1C(=O)OC1C[C@H](N2C=NC3C(=O)NC(N)=NC32)O[C@@H]1CO[Si](C)(C)C(C)(C)C. The molecule has 0 aromatic heterocycles. The summed E-state index contributed by atoms with van der Waals surface area (Å²) in [5, 5.41) is 2.65. The lowest BCUT2D eigenvalue weighted by atomic mass is 10.0. The molecule has 220 valence electrons. The molecule has 0 aliphatic carbocycles. The molecule has 1 aromatic rings. The predicted molar refractivity (Wildman–Crippen MR) is 164 cm³/mol. The number of rotatable bonds is 10. The molecule has 6 atom stereocenters. The first-order chi connectivity index (χ1) is 18.8. The van der Waals surface area contributed by atoms with Crippen LogP contribution in [0.25, 0.3) is 0 Å². The minimum absolute atomic E-state index is 0.0109. The number of nitrogens with zero attached hydrogens (tertiary/aromatic N) is 3. The van der Waals surface area contributed by atoms with E-state index >= 15 is 0 Å². The van der Waals surface area contributed by atoms with E-state index in [9.17, 15) is 9.59 Å². The zero-order valence-corrected chi connectivity index (χ0v) is 26.9. The molecule has 1 aromatic carbocycles. The number of ether oxygens (including phenoxy) is 2. The Balaban J connectivity index is 1.55. The first-order valence-electron chi connectivity index (χ1n) is 13.6. The molecule has 3 aliphatic rings. The van der Waals surface area contributed by atoms with Crippen LogP contribution in [0.2, 0.25) is 18.1 Å². The van der Waals surface area contributed by atoms with Crippen LogP contribution in [0.5, 0.6) is 0 Å². The van der Waals surface area contributed by atoms with E-state index in [0.29, 0.717) is 12.0 Å². The topological polar surface area (TPSA) is 128 Å². The van der Waals surface area contributed by atoms with Crippen LogP contribution in [0.15, 0.2) is 34.3 Å². The van der Waals surface area contributed by atoms with Crippen molar-refractivity contribution in [2.75, 3.05) is 12.4 Å². The number of nitrogens with one attached hydrogen (secondary N) is 1. The van der Waals surface area contributed by atoms with E-state index in [0.717, 1.165) is 11.3 Å². The smallest absolute Gasteiger partial charge is 0.338 e. The van der Waals surface area contributed by atoms with Gasteiger partial charge in [-0.15, -0.1) is 0 Å². The van der Waals surface area contributed by atoms with Gasteiger partial charge in [-0.25, -0.2) is 9.79 Å². The summed E-state index contributed by atoms with van der Waals surface area (Å²) in [4.78, 5) is 36.5. The number of carbonyl (C=O) groups is 2. The maximum atomic E-state index is 13.6. The molecule has 0 saturated carbocycles. The van der Waals surface area contributed by atoms with Crippen molar-refractivity contribution in [2.24, 2.45) is 15.7 Å². The van der Waals surface area contributed by atoms with E-state index in [-0.39, 0.29) is 34.7 Å². The highest BCUT2D eigenvalue weighted by atomic mass is 33.1. The quantitative estimate of drug-likeness (QED) is 0.227. The number of hydrogen-bond donors (Lipinski definition) is 2. The van der Waals surface area contributed by atoms with Crippen molar-refractivity contribution >= 4 is 54.1 Å². The Morgan fingerprint density at radius 3 is 2.75 bits per heavy atom. The van der Waals surface area contributed by atoms with Crippen LogP contribution in [0.1, 0.15) is 62.2 Å². The van der Waals surface area contributed by atoms with Crippen molar-refractivity contribution in [2.45, 2.75) is 95.1 Å². The van der Waals surface area contributed by atoms with Gasteiger partial charge >= 0.3 is 5.97 Å². The van der Waals surface area contributed by atoms with Crippen molar-refractivity contribution in [1.82, 2.24) is 10.2 Å². The zero-order chi connectivity index (χ0) is 29.2. The fraction of sp³-hybridized carbons (Fsp3) is 0.630. The summed E-state index contributed by atoms with van der Waals surface area (Å²) in [7, 11) is 1.40. The van der Waals surface area contributed by atoms with Crippen LogP contribution in [0.4, 0.5) is 0 Å². The van der Waals surface area contributed by atoms with Crippen LogP contribution < -0.4 is 11.1 Å². The number of guanidine groups is 1. The van der Waals surface area contributed by atoms with E-state index in [4.69, 9.17) is 19.6 Å². The average Bonchev–Trinajstić information content (AvgIpc) is 3.49. The number of nitrogens with two attached hydrogens (primary N) is 1. The minimum atomic E-state index is -2.10. The predicted octanol–water partition coefficient (Wildman–Crippen LogP) is 4.29. The van der Waals surface area contributed by atoms with Gasteiger partial charge in [-0.2, -0.15) is 0 Å². The van der Waals surface area contributed by atoms with Gasteiger partial charge < -0.3 is 24.5 Å². The van der Waals surface area contributed by atoms with Crippen LogP contribution in [0.3, 0.4) is 0 Å². The summed E-state index contributed by atoms with van der Waals surface area (Å²) in [6, 6.07) is 6.89. The third kappa shape index (κ3) is 6.70. The normalized spacial score (nSPS) is 27.3. The Kier molecular flexibility index (Phi) is 9.60. The van der Waals surface area contributed by atoms with Gasteiger partial charge in [0.2, 0.25) is 0 Å². The molecule has 10 nitrogen and oxygen atoms in total. The summed E-state index contributed by atoms with van der Waals surface area (Å²) in [6.45, 7) is 15.4. The third-order valence-electron chi connectivity index (χ3n) is 7.87. The Hall–Kier alpha value is -2.06. The molecule has 1 fully saturated rings. The lowest BCUT2D eigenvalue weighted by Crippen LogP contribution is -2.55. The number of hydrogen-bond acceptors (Lipinski definition) is 11. The van der Waals surface area contributed by atoms with Gasteiger partial charge in [0.1, 0.15) is 18.4 Å².